The number of nitrogens with one attached hydrogen (secondary N) is 1. The fraction of sp³-hybridized carbons (Fsp3) is 0.500. The molecule has 0 aliphatic heterocycles. The van der Waals surface area contributed by atoms with Crippen molar-refractivity contribution in [3.05, 3.63) is 28.2 Å². The average molecular weight is 325 g/mol. The lowest BCUT2D eigenvalue weighted by Crippen LogP contribution is -2.30. The molecule has 6 heteroatoms. The molecule has 1 unspecified atom stereocenters. The highest BCUT2D eigenvalue weighted by Crippen LogP contribution is 2.36. The summed E-state index contributed by atoms with van der Waals surface area (Å²) in [5.74, 6) is 0. The second-order valence-corrected chi connectivity index (χ2v) is 5.41. The zero-order valence-corrected chi connectivity index (χ0v) is 12.1. The van der Waals surface area contributed by atoms with Crippen molar-refractivity contribution in [2.45, 2.75) is 19.1 Å². The van der Waals surface area contributed by atoms with Crippen LogP contribution in [0.25, 0.3) is 0 Å². The highest BCUT2D eigenvalue weighted by atomic mass is 79.9. The number of anilines is 1. The SMILES string of the molecule is CC(CN(C)C)Nc1ccc(Br)cc1C(F)(F)F. The van der Waals surface area contributed by atoms with Crippen LogP contribution in [0.5, 0.6) is 0 Å². The van der Waals surface area contributed by atoms with Gasteiger partial charge in [0.05, 0.1) is 5.56 Å². The van der Waals surface area contributed by atoms with Crippen molar-refractivity contribution in [3.8, 4) is 0 Å². The Morgan fingerprint density at radius 1 is 1.33 bits per heavy atom. The maximum Gasteiger partial charge on any atom is 0.418 e. The van der Waals surface area contributed by atoms with Crippen LogP contribution in [0.15, 0.2) is 22.7 Å². The molecule has 1 aromatic rings. The third kappa shape index (κ3) is 4.49. The van der Waals surface area contributed by atoms with Gasteiger partial charge in [0.1, 0.15) is 0 Å². The van der Waals surface area contributed by atoms with Gasteiger partial charge in [0.25, 0.3) is 0 Å². The first kappa shape index (κ1) is 15.3. The zero-order chi connectivity index (χ0) is 13.9. The Kier molecular flexibility index (Phi) is 5.04. The molecule has 0 aliphatic rings. The molecule has 0 fully saturated rings. The van der Waals surface area contributed by atoms with Gasteiger partial charge in [-0.1, -0.05) is 15.9 Å². The Morgan fingerprint density at radius 2 is 1.94 bits per heavy atom. The van der Waals surface area contributed by atoms with Gasteiger partial charge in [-0.2, -0.15) is 13.2 Å². The van der Waals surface area contributed by atoms with Crippen LogP contribution in [-0.4, -0.2) is 31.6 Å². The molecule has 0 radical (unpaired) electrons. The molecule has 2 nitrogen and oxygen atoms in total. The number of halogens is 4. The Balaban J connectivity index is 2.95. The lowest BCUT2D eigenvalue weighted by Gasteiger charge is -2.22. The summed E-state index contributed by atoms with van der Waals surface area (Å²) in [7, 11) is 3.76. The van der Waals surface area contributed by atoms with E-state index in [-0.39, 0.29) is 11.7 Å². The van der Waals surface area contributed by atoms with Crippen LogP contribution in [0, 0.1) is 0 Å². The van der Waals surface area contributed by atoms with Crippen molar-refractivity contribution < 1.29 is 13.2 Å². The molecule has 1 atom stereocenters. The summed E-state index contributed by atoms with van der Waals surface area (Å²) in [5, 5.41) is 2.89. The van der Waals surface area contributed by atoms with Crippen molar-refractivity contribution in [2.75, 3.05) is 26.0 Å². The van der Waals surface area contributed by atoms with Crippen LogP contribution < -0.4 is 5.32 Å². The van der Waals surface area contributed by atoms with Crippen molar-refractivity contribution in [3.63, 3.8) is 0 Å². The molecule has 0 bridgehead atoms. The monoisotopic (exact) mass is 324 g/mol. The molecule has 1 rings (SSSR count). The molecule has 18 heavy (non-hydrogen) atoms. The van der Waals surface area contributed by atoms with Crippen molar-refractivity contribution in [1.29, 1.82) is 0 Å². The van der Waals surface area contributed by atoms with Crippen LogP contribution in [0.2, 0.25) is 0 Å². The lowest BCUT2D eigenvalue weighted by molar-refractivity contribution is -0.137. The Morgan fingerprint density at radius 3 is 2.44 bits per heavy atom. The standard InChI is InChI=1S/C12H16BrF3N2/c1-8(7-18(2)3)17-11-5-4-9(13)6-10(11)12(14,15)16/h4-6,8,17H,7H2,1-3H3. The molecule has 0 aromatic heterocycles. The molecule has 0 saturated heterocycles. The fourth-order valence-corrected chi connectivity index (χ4v) is 2.10. The third-order valence-electron chi connectivity index (χ3n) is 2.33. The molecular weight excluding hydrogens is 309 g/mol. The van der Waals surface area contributed by atoms with Crippen LogP contribution in [-0.2, 0) is 6.18 Å². The van der Waals surface area contributed by atoms with Gasteiger partial charge in [-0.25, -0.2) is 0 Å². The van der Waals surface area contributed by atoms with Gasteiger partial charge in [0.15, 0.2) is 0 Å². The van der Waals surface area contributed by atoms with E-state index >= 15 is 0 Å². The maximum atomic E-state index is 12.9. The minimum absolute atomic E-state index is 0.0673. The molecule has 0 amide bonds. The number of alkyl halides is 3. The number of benzene rings is 1. The molecule has 0 aliphatic carbocycles. The molecule has 0 saturated carbocycles. The normalized spacial score (nSPS) is 13.8. The molecule has 1 N–H and O–H groups in total. The number of hydrogen-bond acceptors (Lipinski definition) is 2. The second kappa shape index (κ2) is 5.93. The summed E-state index contributed by atoms with van der Waals surface area (Å²) >= 11 is 3.06. The minimum atomic E-state index is -4.36. The van der Waals surface area contributed by atoms with Crippen molar-refractivity contribution >= 4 is 21.6 Å². The van der Waals surface area contributed by atoms with Crippen LogP contribution >= 0.6 is 15.9 Å². The Labute approximate surface area is 113 Å². The molecule has 1 aromatic carbocycles. The number of rotatable bonds is 4. The maximum absolute atomic E-state index is 12.9. The minimum Gasteiger partial charge on any atom is -0.381 e. The van der Waals surface area contributed by atoms with Gasteiger partial charge in [-0.05, 0) is 39.2 Å². The van der Waals surface area contributed by atoms with Crippen LogP contribution in [0.3, 0.4) is 0 Å². The van der Waals surface area contributed by atoms with Crippen molar-refractivity contribution in [2.24, 2.45) is 0 Å². The van der Waals surface area contributed by atoms with Crippen LogP contribution in [0.4, 0.5) is 18.9 Å². The van der Waals surface area contributed by atoms with E-state index in [2.05, 4.69) is 21.2 Å². The number of likely N-dealkylation sites (N-methyl/N-ethyl adjacent to an activating group) is 1. The molecular formula is C12H16BrF3N2. The molecule has 102 valence electrons. The van der Waals surface area contributed by atoms with E-state index in [9.17, 15) is 13.2 Å². The van der Waals surface area contributed by atoms with E-state index in [0.717, 1.165) is 6.07 Å². The summed E-state index contributed by atoms with van der Waals surface area (Å²) < 4.78 is 39.0. The second-order valence-electron chi connectivity index (χ2n) is 4.50. The summed E-state index contributed by atoms with van der Waals surface area (Å²) in [6.07, 6.45) is -4.36. The van der Waals surface area contributed by atoms with Gasteiger partial charge in [-0.15, -0.1) is 0 Å². The number of hydrogen-bond donors (Lipinski definition) is 1. The first-order valence-corrected chi connectivity index (χ1v) is 6.27. The van der Waals surface area contributed by atoms with E-state index in [1.807, 2.05) is 25.9 Å². The summed E-state index contributed by atoms with van der Waals surface area (Å²) in [6.45, 7) is 2.51. The van der Waals surface area contributed by atoms with E-state index < -0.39 is 11.7 Å². The quantitative estimate of drug-likeness (QED) is 0.905. The van der Waals surface area contributed by atoms with Crippen molar-refractivity contribution in [1.82, 2.24) is 4.90 Å². The van der Waals surface area contributed by atoms with Gasteiger partial charge in [0.2, 0.25) is 0 Å². The Bertz CT molecular complexity index is 405. The highest BCUT2D eigenvalue weighted by molar-refractivity contribution is 9.10. The third-order valence-corrected chi connectivity index (χ3v) is 2.82. The fourth-order valence-electron chi connectivity index (χ4n) is 1.74. The lowest BCUT2D eigenvalue weighted by atomic mass is 10.1. The topological polar surface area (TPSA) is 15.3 Å². The summed E-state index contributed by atoms with van der Waals surface area (Å²) in [4.78, 5) is 1.92. The van der Waals surface area contributed by atoms with E-state index in [1.165, 1.54) is 6.07 Å². The van der Waals surface area contributed by atoms with Gasteiger partial charge in [0, 0.05) is 22.7 Å². The first-order valence-electron chi connectivity index (χ1n) is 5.48. The molecule has 0 spiro atoms. The highest BCUT2D eigenvalue weighted by Gasteiger charge is 2.33. The van der Waals surface area contributed by atoms with E-state index in [0.29, 0.717) is 11.0 Å². The predicted octanol–water partition coefficient (Wildman–Crippen LogP) is 3.83. The van der Waals surface area contributed by atoms with Gasteiger partial charge < -0.3 is 10.2 Å². The van der Waals surface area contributed by atoms with E-state index in [1.54, 1.807) is 6.07 Å². The average Bonchev–Trinajstić information content (AvgIpc) is 2.17. The van der Waals surface area contributed by atoms with Crippen LogP contribution in [0.1, 0.15) is 12.5 Å². The smallest absolute Gasteiger partial charge is 0.381 e. The summed E-state index contributed by atoms with van der Waals surface area (Å²) in [5.41, 5.74) is -0.539. The number of nitrogens with zero attached hydrogens (tertiary/aromatic N) is 1. The molecule has 0 heterocycles. The first-order chi connectivity index (χ1) is 8.20. The van der Waals surface area contributed by atoms with Gasteiger partial charge >= 0.3 is 6.18 Å². The Hall–Kier alpha value is -0.750. The van der Waals surface area contributed by atoms with E-state index in [4.69, 9.17) is 0 Å². The predicted molar refractivity (Wildman–Crippen MR) is 70.8 cm³/mol. The zero-order valence-electron chi connectivity index (χ0n) is 10.5. The largest absolute Gasteiger partial charge is 0.418 e. The van der Waals surface area contributed by atoms with Gasteiger partial charge in [-0.3, -0.25) is 0 Å². The summed E-state index contributed by atoms with van der Waals surface area (Å²) in [6, 6.07) is 4.06.